The van der Waals surface area contributed by atoms with Crippen LogP contribution in [0.4, 0.5) is 5.69 Å². The molecule has 1 heterocycles. The molecule has 1 aliphatic heterocycles. The van der Waals surface area contributed by atoms with E-state index < -0.39 is 0 Å². The lowest BCUT2D eigenvalue weighted by molar-refractivity contribution is 0.145. The number of nitriles is 1. The Morgan fingerprint density at radius 2 is 2.06 bits per heavy atom. The molecule has 3 heteroatoms. The van der Waals surface area contributed by atoms with Crippen LogP contribution in [-0.2, 0) is 0 Å². The van der Waals surface area contributed by atoms with Gasteiger partial charge in [-0.15, -0.1) is 0 Å². The van der Waals surface area contributed by atoms with E-state index in [-0.39, 0.29) is 6.10 Å². The van der Waals surface area contributed by atoms with Gasteiger partial charge in [0.1, 0.15) is 0 Å². The summed E-state index contributed by atoms with van der Waals surface area (Å²) in [7, 11) is 0. The van der Waals surface area contributed by atoms with Crippen molar-refractivity contribution < 1.29 is 5.11 Å². The predicted octanol–water partition coefficient (Wildman–Crippen LogP) is 1.83. The number of piperidine rings is 1. The van der Waals surface area contributed by atoms with Crippen LogP contribution in [-0.4, -0.2) is 24.3 Å². The van der Waals surface area contributed by atoms with E-state index in [2.05, 4.69) is 17.0 Å². The number of hydrogen-bond acceptors (Lipinski definition) is 3. The molecule has 16 heavy (non-hydrogen) atoms. The van der Waals surface area contributed by atoms with Crippen LogP contribution in [0, 0.1) is 18.3 Å². The number of hydrogen-bond donors (Lipinski definition) is 1. The third-order valence-electron chi connectivity index (χ3n) is 3.16. The van der Waals surface area contributed by atoms with Crippen LogP contribution >= 0.6 is 0 Å². The molecule has 0 amide bonds. The minimum atomic E-state index is -0.143. The first-order chi connectivity index (χ1) is 7.70. The average Bonchev–Trinajstić information content (AvgIpc) is 2.30. The molecule has 3 nitrogen and oxygen atoms in total. The van der Waals surface area contributed by atoms with E-state index in [1.54, 1.807) is 0 Å². The second kappa shape index (κ2) is 4.54. The quantitative estimate of drug-likeness (QED) is 0.779. The molecule has 0 atom stereocenters. The molecule has 2 rings (SSSR count). The first-order valence-electron chi connectivity index (χ1n) is 5.64. The zero-order valence-electron chi connectivity index (χ0n) is 9.48. The average molecular weight is 216 g/mol. The van der Waals surface area contributed by atoms with Crippen molar-refractivity contribution in [1.29, 1.82) is 5.26 Å². The van der Waals surface area contributed by atoms with Crippen molar-refractivity contribution in [2.24, 2.45) is 0 Å². The van der Waals surface area contributed by atoms with Gasteiger partial charge in [-0.1, -0.05) is 0 Å². The van der Waals surface area contributed by atoms with E-state index in [1.807, 2.05) is 19.1 Å². The number of nitrogens with zero attached hydrogens (tertiary/aromatic N) is 2. The van der Waals surface area contributed by atoms with Crippen molar-refractivity contribution >= 4 is 5.69 Å². The summed E-state index contributed by atoms with van der Waals surface area (Å²) in [6.07, 6.45) is 1.52. The van der Waals surface area contributed by atoms with Gasteiger partial charge in [0.2, 0.25) is 0 Å². The van der Waals surface area contributed by atoms with E-state index in [4.69, 9.17) is 5.26 Å². The summed E-state index contributed by atoms with van der Waals surface area (Å²) < 4.78 is 0. The van der Waals surface area contributed by atoms with Crippen molar-refractivity contribution in [3.05, 3.63) is 29.3 Å². The summed E-state index contributed by atoms with van der Waals surface area (Å²) in [5, 5.41) is 18.3. The number of aliphatic hydroxyl groups excluding tert-OH is 1. The van der Waals surface area contributed by atoms with Gasteiger partial charge in [-0.05, 0) is 43.5 Å². The lowest BCUT2D eigenvalue weighted by Gasteiger charge is -2.31. The Kier molecular flexibility index (Phi) is 3.12. The second-order valence-electron chi connectivity index (χ2n) is 4.33. The van der Waals surface area contributed by atoms with Gasteiger partial charge in [-0.3, -0.25) is 0 Å². The number of benzene rings is 1. The Balaban J connectivity index is 2.16. The van der Waals surface area contributed by atoms with Crippen LogP contribution < -0.4 is 4.90 Å². The fourth-order valence-electron chi connectivity index (χ4n) is 2.09. The van der Waals surface area contributed by atoms with Crippen LogP contribution in [0.15, 0.2) is 18.2 Å². The molecule has 0 unspecified atom stereocenters. The van der Waals surface area contributed by atoms with Gasteiger partial charge >= 0.3 is 0 Å². The van der Waals surface area contributed by atoms with E-state index >= 15 is 0 Å². The molecule has 0 spiro atoms. The molecule has 84 valence electrons. The molecule has 1 aromatic rings. The van der Waals surface area contributed by atoms with E-state index in [0.717, 1.165) is 42.7 Å². The maximum atomic E-state index is 9.44. The highest BCUT2D eigenvalue weighted by atomic mass is 16.3. The Morgan fingerprint density at radius 1 is 1.38 bits per heavy atom. The lowest BCUT2D eigenvalue weighted by Crippen LogP contribution is -2.35. The molecule has 0 aromatic heterocycles. The molecule has 1 aliphatic rings. The second-order valence-corrected chi connectivity index (χ2v) is 4.33. The standard InChI is InChI=1S/C13H16N2O/c1-10-8-12(3-2-11(10)9-14)15-6-4-13(16)5-7-15/h2-3,8,13,16H,4-7H2,1H3. The van der Waals surface area contributed by atoms with Crippen LogP contribution in [0.2, 0.25) is 0 Å². The fourth-order valence-corrected chi connectivity index (χ4v) is 2.09. The van der Waals surface area contributed by atoms with Crippen LogP contribution in [0.1, 0.15) is 24.0 Å². The summed E-state index contributed by atoms with van der Waals surface area (Å²) in [4.78, 5) is 2.26. The smallest absolute Gasteiger partial charge is 0.0994 e. The third kappa shape index (κ3) is 2.17. The molecular weight excluding hydrogens is 200 g/mol. The first kappa shape index (κ1) is 11.0. The van der Waals surface area contributed by atoms with E-state index in [9.17, 15) is 5.11 Å². The maximum Gasteiger partial charge on any atom is 0.0994 e. The predicted molar refractivity (Wildman–Crippen MR) is 63.3 cm³/mol. The number of aliphatic hydroxyl groups is 1. The molecule has 1 saturated heterocycles. The van der Waals surface area contributed by atoms with Crippen LogP contribution in [0.25, 0.3) is 0 Å². The van der Waals surface area contributed by atoms with Gasteiger partial charge in [-0.2, -0.15) is 5.26 Å². The van der Waals surface area contributed by atoms with Crippen molar-refractivity contribution in [2.45, 2.75) is 25.9 Å². The van der Waals surface area contributed by atoms with E-state index in [1.165, 1.54) is 0 Å². The largest absolute Gasteiger partial charge is 0.393 e. The van der Waals surface area contributed by atoms with E-state index in [0.29, 0.717) is 0 Å². The Bertz CT molecular complexity index is 414. The van der Waals surface area contributed by atoms with Gasteiger partial charge < -0.3 is 10.0 Å². The molecule has 0 saturated carbocycles. The molecule has 1 N–H and O–H groups in total. The number of rotatable bonds is 1. The minimum absolute atomic E-state index is 0.143. The maximum absolute atomic E-state index is 9.44. The Labute approximate surface area is 95.9 Å². The molecule has 0 bridgehead atoms. The third-order valence-corrected chi connectivity index (χ3v) is 3.16. The van der Waals surface area contributed by atoms with Crippen molar-refractivity contribution in [1.82, 2.24) is 0 Å². The van der Waals surface area contributed by atoms with Gasteiger partial charge in [-0.25, -0.2) is 0 Å². The van der Waals surface area contributed by atoms with Gasteiger partial charge in [0.05, 0.1) is 17.7 Å². The molecule has 0 radical (unpaired) electrons. The summed E-state index contributed by atoms with van der Waals surface area (Å²) in [5.41, 5.74) is 2.91. The summed E-state index contributed by atoms with van der Waals surface area (Å²) in [6, 6.07) is 8.09. The number of aryl methyl sites for hydroxylation is 1. The molecule has 0 aliphatic carbocycles. The normalized spacial score (nSPS) is 17.2. The van der Waals surface area contributed by atoms with Gasteiger partial charge in [0, 0.05) is 18.8 Å². The first-order valence-corrected chi connectivity index (χ1v) is 5.64. The topological polar surface area (TPSA) is 47.3 Å². The van der Waals surface area contributed by atoms with Crippen molar-refractivity contribution in [2.75, 3.05) is 18.0 Å². The van der Waals surface area contributed by atoms with Gasteiger partial charge in [0.15, 0.2) is 0 Å². The lowest BCUT2D eigenvalue weighted by atomic mass is 10.0. The highest BCUT2D eigenvalue weighted by molar-refractivity contribution is 5.53. The van der Waals surface area contributed by atoms with Crippen LogP contribution in [0.3, 0.4) is 0 Å². The SMILES string of the molecule is Cc1cc(N2CCC(O)CC2)ccc1C#N. The molecular formula is C13H16N2O. The Morgan fingerprint density at radius 3 is 2.62 bits per heavy atom. The molecule has 1 fully saturated rings. The van der Waals surface area contributed by atoms with Crippen molar-refractivity contribution in [3.8, 4) is 6.07 Å². The number of anilines is 1. The fraction of sp³-hybridized carbons (Fsp3) is 0.462. The monoisotopic (exact) mass is 216 g/mol. The summed E-state index contributed by atoms with van der Waals surface area (Å²) >= 11 is 0. The zero-order valence-corrected chi connectivity index (χ0v) is 9.48. The van der Waals surface area contributed by atoms with Crippen molar-refractivity contribution in [3.63, 3.8) is 0 Å². The highest BCUT2D eigenvalue weighted by Crippen LogP contribution is 2.22. The van der Waals surface area contributed by atoms with Gasteiger partial charge in [0.25, 0.3) is 0 Å². The summed E-state index contributed by atoms with van der Waals surface area (Å²) in [6.45, 7) is 3.75. The van der Waals surface area contributed by atoms with Crippen LogP contribution in [0.5, 0.6) is 0 Å². The zero-order chi connectivity index (χ0) is 11.5. The Hall–Kier alpha value is -1.53. The summed E-state index contributed by atoms with van der Waals surface area (Å²) in [5.74, 6) is 0. The highest BCUT2D eigenvalue weighted by Gasteiger charge is 2.17. The molecule has 1 aromatic carbocycles. The minimum Gasteiger partial charge on any atom is -0.393 e.